The first-order chi connectivity index (χ1) is 11.6. The second-order valence-electron chi connectivity index (χ2n) is 5.13. The maximum Gasteiger partial charge on any atom is 0.255 e. The molecule has 3 aromatic rings. The van der Waals surface area contributed by atoms with E-state index in [4.69, 9.17) is 9.15 Å². The molecule has 0 aliphatic carbocycles. The Morgan fingerprint density at radius 1 is 1.25 bits per heavy atom. The maximum atomic E-state index is 12.9. The zero-order valence-electron chi connectivity index (χ0n) is 13.0. The molecule has 2 aromatic heterocycles. The van der Waals surface area contributed by atoms with E-state index < -0.39 is 0 Å². The van der Waals surface area contributed by atoms with Gasteiger partial charge in [-0.2, -0.15) is 0 Å². The third kappa shape index (κ3) is 3.78. The van der Waals surface area contributed by atoms with E-state index in [1.165, 1.54) is 30.5 Å². The van der Waals surface area contributed by atoms with Gasteiger partial charge in [-0.25, -0.2) is 9.37 Å². The Labute approximate surface area is 138 Å². The number of aryl methyl sites for hydroxylation is 1. The first-order valence-electron chi connectivity index (χ1n) is 7.32. The van der Waals surface area contributed by atoms with Crippen LogP contribution in [0.15, 0.2) is 59.3 Å². The number of nitrogens with zero attached hydrogens (tertiary/aromatic N) is 1. The van der Waals surface area contributed by atoms with Crippen molar-refractivity contribution < 1.29 is 18.3 Å². The van der Waals surface area contributed by atoms with Gasteiger partial charge in [0.1, 0.15) is 17.3 Å². The van der Waals surface area contributed by atoms with Gasteiger partial charge in [-0.1, -0.05) is 0 Å². The summed E-state index contributed by atoms with van der Waals surface area (Å²) in [5, 5.41) is 2.81. The van der Waals surface area contributed by atoms with Crippen LogP contribution in [-0.2, 0) is 6.54 Å². The van der Waals surface area contributed by atoms with Gasteiger partial charge in [0.15, 0.2) is 0 Å². The molecule has 6 heteroatoms. The molecule has 24 heavy (non-hydrogen) atoms. The standard InChI is InChI=1S/C18H15FN2O3/c1-12-16(7-9-23-12)18(22)21-11-13-6-8-20-17(10-13)24-15-4-2-14(19)3-5-15/h2-10H,11H2,1H3,(H,21,22). The van der Waals surface area contributed by atoms with Crippen molar-refractivity contribution in [2.75, 3.05) is 0 Å². The molecule has 122 valence electrons. The summed E-state index contributed by atoms with van der Waals surface area (Å²) in [6.07, 6.45) is 3.06. The molecule has 1 aromatic carbocycles. The Kier molecular flexibility index (Phi) is 4.56. The lowest BCUT2D eigenvalue weighted by Gasteiger charge is -2.08. The average molecular weight is 326 g/mol. The number of ether oxygens (including phenoxy) is 1. The minimum Gasteiger partial charge on any atom is -0.469 e. The van der Waals surface area contributed by atoms with Crippen molar-refractivity contribution in [2.45, 2.75) is 13.5 Å². The smallest absolute Gasteiger partial charge is 0.255 e. The third-order valence-corrected chi connectivity index (χ3v) is 3.39. The normalized spacial score (nSPS) is 10.4. The van der Waals surface area contributed by atoms with E-state index in [-0.39, 0.29) is 11.7 Å². The summed E-state index contributed by atoms with van der Waals surface area (Å²) in [7, 11) is 0. The summed E-state index contributed by atoms with van der Waals surface area (Å²) in [5.41, 5.74) is 1.34. The van der Waals surface area contributed by atoms with Crippen LogP contribution in [-0.4, -0.2) is 10.9 Å². The Hall–Kier alpha value is -3.15. The van der Waals surface area contributed by atoms with Crippen molar-refractivity contribution >= 4 is 5.91 Å². The molecule has 0 aliphatic heterocycles. The van der Waals surface area contributed by atoms with Crippen molar-refractivity contribution in [3.63, 3.8) is 0 Å². The molecule has 0 spiro atoms. The molecule has 0 atom stereocenters. The number of benzene rings is 1. The van der Waals surface area contributed by atoms with Crippen molar-refractivity contribution in [3.05, 3.63) is 77.6 Å². The van der Waals surface area contributed by atoms with E-state index >= 15 is 0 Å². The van der Waals surface area contributed by atoms with Crippen LogP contribution < -0.4 is 10.1 Å². The zero-order chi connectivity index (χ0) is 16.9. The number of halogens is 1. The highest BCUT2D eigenvalue weighted by atomic mass is 19.1. The number of hydrogen-bond donors (Lipinski definition) is 1. The molecule has 1 N–H and O–H groups in total. The summed E-state index contributed by atoms with van der Waals surface area (Å²) in [4.78, 5) is 16.2. The first kappa shape index (κ1) is 15.7. The van der Waals surface area contributed by atoms with Crippen LogP contribution >= 0.6 is 0 Å². The first-order valence-corrected chi connectivity index (χ1v) is 7.32. The van der Waals surface area contributed by atoms with Gasteiger partial charge in [-0.15, -0.1) is 0 Å². The molecular weight excluding hydrogens is 311 g/mol. The average Bonchev–Trinajstić information content (AvgIpc) is 3.01. The maximum absolute atomic E-state index is 12.9. The fourth-order valence-corrected chi connectivity index (χ4v) is 2.14. The van der Waals surface area contributed by atoms with Crippen molar-refractivity contribution in [1.29, 1.82) is 0 Å². The molecule has 2 heterocycles. The van der Waals surface area contributed by atoms with Gasteiger partial charge in [0, 0.05) is 18.8 Å². The van der Waals surface area contributed by atoms with E-state index in [9.17, 15) is 9.18 Å². The number of hydrogen-bond acceptors (Lipinski definition) is 4. The number of carbonyl (C=O) groups is 1. The number of carbonyl (C=O) groups excluding carboxylic acids is 1. The summed E-state index contributed by atoms with van der Waals surface area (Å²) in [6.45, 7) is 2.06. The van der Waals surface area contributed by atoms with E-state index in [0.29, 0.717) is 29.5 Å². The van der Waals surface area contributed by atoms with Gasteiger partial charge in [-0.05, 0) is 48.9 Å². The van der Waals surface area contributed by atoms with Gasteiger partial charge in [0.25, 0.3) is 5.91 Å². The molecular formula is C18H15FN2O3. The summed E-state index contributed by atoms with van der Waals surface area (Å²) in [6, 6.07) is 10.8. The quantitative estimate of drug-likeness (QED) is 0.773. The molecule has 0 fully saturated rings. The second-order valence-corrected chi connectivity index (χ2v) is 5.13. The summed E-state index contributed by atoms with van der Waals surface area (Å²) in [5.74, 6) is 0.884. The monoisotopic (exact) mass is 326 g/mol. The van der Waals surface area contributed by atoms with Crippen LogP contribution in [0.25, 0.3) is 0 Å². The van der Waals surface area contributed by atoms with E-state index in [0.717, 1.165) is 5.56 Å². The Morgan fingerprint density at radius 3 is 2.75 bits per heavy atom. The highest BCUT2D eigenvalue weighted by molar-refractivity contribution is 5.94. The number of nitrogens with one attached hydrogen (secondary N) is 1. The van der Waals surface area contributed by atoms with Crippen LogP contribution in [0.2, 0.25) is 0 Å². The Bertz CT molecular complexity index is 843. The lowest BCUT2D eigenvalue weighted by molar-refractivity contribution is 0.0949. The fraction of sp³-hybridized carbons (Fsp3) is 0.111. The predicted molar refractivity (Wildman–Crippen MR) is 85.3 cm³/mol. The van der Waals surface area contributed by atoms with Gasteiger partial charge in [-0.3, -0.25) is 4.79 Å². The van der Waals surface area contributed by atoms with E-state index in [2.05, 4.69) is 10.3 Å². The van der Waals surface area contributed by atoms with Crippen molar-refractivity contribution in [1.82, 2.24) is 10.3 Å². The molecule has 0 unspecified atom stereocenters. The second kappa shape index (κ2) is 6.95. The Balaban J connectivity index is 1.64. The zero-order valence-corrected chi connectivity index (χ0v) is 13.0. The Morgan fingerprint density at radius 2 is 2.04 bits per heavy atom. The lowest BCUT2D eigenvalue weighted by Crippen LogP contribution is -2.22. The number of aromatic nitrogens is 1. The van der Waals surface area contributed by atoms with E-state index in [1.54, 1.807) is 31.3 Å². The van der Waals surface area contributed by atoms with Gasteiger partial charge in [0.2, 0.25) is 5.88 Å². The van der Waals surface area contributed by atoms with Gasteiger partial charge in [0.05, 0.1) is 11.8 Å². The van der Waals surface area contributed by atoms with Crippen molar-refractivity contribution in [3.8, 4) is 11.6 Å². The number of pyridine rings is 1. The van der Waals surface area contributed by atoms with Gasteiger partial charge >= 0.3 is 0 Å². The summed E-state index contributed by atoms with van der Waals surface area (Å²) >= 11 is 0. The van der Waals surface area contributed by atoms with Gasteiger partial charge < -0.3 is 14.5 Å². The lowest BCUT2D eigenvalue weighted by atomic mass is 10.2. The van der Waals surface area contributed by atoms with E-state index in [1.807, 2.05) is 0 Å². The molecule has 0 saturated carbocycles. The molecule has 3 rings (SSSR count). The number of rotatable bonds is 5. The minimum atomic E-state index is -0.332. The number of amides is 1. The molecule has 1 amide bonds. The largest absolute Gasteiger partial charge is 0.469 e. The molecule has 5 nitrogen and oxygen atoms in total. The van der Waals surface area contributed by atoms with Crippen molar-refractivity contribution in [2.24, 2.45) is 0 Å². The number of furan rings is 1. The predicted octanol–water partition coefficient (Wildman–Crippen LogP) is 3.84. The van der Waals surface area contributed by atoms with Crippen LogP contribution in [0.3, 0.4) is 0 Å². The highest BCUT2D eigenvalue weighted by Gasteiger charge is 2.11. The van der Waals surface area contributed by atoms with Crippen LogP contribution in [0.5, 0.6) is 11.6 Å². The molecule has 0 saturated heterocycles. The fourth-order valence-electron chi connectivity index (χ4n) is 2.14. The van der Waals surface area contributed by atoms with Crippen LogP contribution in [0.1, 0.15) is 21.7 Å². The molecule has 0 bridgehead atoms. The SMILES string of the molecule is Cc1occc1C(=O)NCc1ccnc(Oc2ccc(F)cc2)c1. The molecule has 0 radical (unpaired) electrons. The van der Waals surface area contributed by atoms with Crippen LogP contribution in [0.4, 0.5) is 4.39 Å². The topological polar surface area (TPSA) is 64.4 Å². The molecule has 0 aliphatic rings. The minimum absolute atomic E-state index is 0.209. The van der Waals surface area contributed by atoms with Crippen LogP contribution in [0, 0.1) is 12.7 Å². The summed E-state index contributed by atoms with van der Waals surface area (Å²) < 4.78 is 23.6. The highest BCUT2D eigenvalue weighted by Crippen LogP contribution is 2.20. The third-order valence-electron chi connectivity index (χ3n) is 3.39.